The molecule has 2 unspecified atom stereocenters. The normalized spacial score (nSPS) is 22.0. The second kappa shape index (κ2) is 6.37. The molecule has 1 aromatic carbocycles. The summed E-state index contributed by atoms with van der Waals surface area (Å²) in [6, 6.07) is 7.80. The summed E-state index contributed by atoms with van der Waals surface area (Å²) in [7, 11) is 0. The first kappa shape index (κ1) is 14.2. The van der Waals surface area contributed by atoms with Gasteiger partial charge < -0.3 is 11.1 Å². The summed E-state index contributed by atoms with van der Waals surface area (Å²) >= 11 is 1.60. The first-order valence-electron chi connectivity index (χ1n) is 7.30. The molecule has 1 heterocycles. The summed E-state index contributed by atoms with van der Waals surface area (Å²) in [5.74, 6) is -0.0124. The fraction of sp³-hybridized carbons (Fsp3) is 0.375. The van der Waals surface area contributed by atoms with E-state index in [1.165, 1.54) is 0 Å². The van der Waals surface area contributed by atoms with E-state index < -0.39 is 0 Å². The van der Waals surface area contributed by atoms with Gasteiger partial charge in [-0.15, -0.1) is 11.3 Å². The zero-order chi connectivity index (χ0) is 14.7. The van der Waals surface area contributed by atoms with Gasteiger partial charge >= 0.3 is 0 Å². The number of hydrogen-bond acceptors (Lipinski definition) is 4. The number of thiazole rings is 1. The van der Waals surface area contributed by atoms with Crippen molar-refractivity contribution in [3.05, 3.63) is 35.8 Å². The summed E-state index contributed by atoms with van der Waals surface area (Å²) in [5.41, 5.74) is 7.94. The van der Waals surface area contributed by atoms with E-state index in [1.807, 2.05) is 29.6 Å². The number of carbonyl (C=O) groups is 1. The lowest BCUT2D eigenvalue weighted by molar-refractivity contribution is -0.121. The van der Waals surface area contributed by atoms with E-state index in [0.29, 0.717) is 0 Å². The maximum absolute atomic E-state index is 12.3. The number of benzene rings is 1. The predicted molar refractivity (Wildman–Crippen MR) is 86.1 cm³/mol. The molecule has 0 aliphatic heterocycles. The number of aromatic nitrogens is 1. The Kier molecular flexibility index (Phi) is 4.31. The van der Waals surface area contributed by atoms with E-state index in [1.54, 1.807) is 17.5 Å². The zero-order valence-electron chi connectivity index (χ0n) is 11.8. The Morgan fingerprint density at radius 3 is 2.67 bits per heavy atom. The van der Waals surface area contributed by atoms with Crippen molar-refractivity contribution in [1.82, 2.24) is 4.98 Å². The van der Waals surface area contributed by atoms with Crippen LogP contribution in [0.2, 0.25) is 0 Å². The van der Waals surface area contributed by atoms with Crippen molar-refractivity contribution in [3.8, 4) is 10.6 Å². The first-order chi connectivity index (χ1) is 10.2. The molecule has 1 aliphatic carbocycles. The van der Waals surface area contributed by atoms with Crippen LogP contribution in [0.4, 0.5) is 5.69 Å². The molecule has 1 amide bonds. The number of anilines is 1. The van der Waals surface area contributed by atoms with Gasteiger partial charge in [-0.3, -0.25) is 4.79 Å². The summed E-state index contributed by atoms with van der Waals surface area (Å²) in [6.45, 7) is 0. The van der Waals surface area contributed by atoms with Crippen LogP contribution in [-0.2, 0) is 4.79 Å². The number of hydrogen-bond donors (Lipinski definition) is 2. The number of nitrogens with one attached hydrogen (secondary N) is 1. The maximum Gasteiger partial charge on any atom is 0.229 e. The van der Waals surface area contributed by atoms with Gasteiger partial charge in [0.15, 0.2) is 0 Å². The molecule has 0 radical (unpaired) electrons. The third-order valence-corrected chi connectivity index (χ3v) is 4.81. The van der Waals surface area contributed by atoms with E-state index in [4.69, 9.17) is 5.73 Å². The minimum Gasteiger partial charge on any atom is -0.327 e. The van der Waals surface area contributed by atoms with E-state index in [-0.39, 0.29) is 17.9 Å². The number of carbonyl (C=O) groups excluding carboxylic acids is 1. The van der Waals surface area contributed by atoms with Crippen molar-refractivity contribution in [2.45, 2.75) is 31.7 Å². The van der Waals surface area contributed by atoms with Crippen LogP contribution in [0.25, 0.3) is 10.6 Å². The van der Waals surface area contributed by atoms with Crippen LogP contribution in [-0.4, -0.2) is 16.9 Å². The second-order valence-corrected chi connectivity index (χ2v) is 6.35. The summed E-state index contributed by atoms with van der Waals surface area (Å²) in [5, 5.41) is 5.92. The Morgan fingerprint density at radius 1 is 1.24 bits per heavy atom. The molecule has 2 aromatic rings. The highest BCUT2D eigenvalue weighted by Crippen LogP contribution is 2.26. The molecular formula is C16H19N3OS. The van der Waals surface area contributed by atoms with Gasteiger partial charge in [0.05, 0.1) is 5.92 Å². The Balaban J connectivity index is 1.66. The molecular weight excluding hydrogens is 282 g/mol. The molecule has 3 N–H and O–H groups in total. The van der Waals surface area contributed by atoms with Gasteiger partial charge in [0, 0.05) is 28.9 Å². The largest absolute Gasteiger partial charge is 0.327 e. The highest BCUT2D eigenvalue weighted by Gasteiger charge is 2.28. The van der Waals surface area contributed by atoms with Gasteiger partial charge in [-0.2, -0.15) is 0 Å². The van der Waals surface area contributed by atoms with Gasteiger partial charge in [0.2, 0.25) is 5.91 Å². The average Bonchev–Trinajstić information content (AvgIpc) is 3.02. The monoisotopic (exact) mass is 301 g/mol. The van der Waals surface area contributed by atoms with Crippen molar-refractivity contribution in [2.24, 2.45) is 11.7 Å². The van der Waals surface area contributed by atoms with E-state index in [9.17, 15) is 4.79 Å². The van der Waals surface area contributed by atoms with Gasteiger partial charge in [0.1, 0.15) is 5.01 Å². The van der Waals surface area contributed by atoms with Gasteiger partial charge in [-0.1, -0.05) is 12.8 Å². The number of nitrogens with two attached hydrogens (primary N) is 1. The van der Waals surface area contributed by atoms with E-state index in [2.05, 4.69) is 10.3 Å². The predicted octanol–water partition coefficient (Wildman–Crippen LogP) is 3.27. The average molecular weight is 301 g/mol. The zero-order valence-corrected chi connectivity index (χ0v) is 12.6. The summed E-state index contributed by atoms with van der Waals surface area (Å²) < 4.78 is 0. The van der Waals surface area contributed by atoms with Gasteiger partial charge in [0.25, 0.3) is 0 Å². The van der Waals surface area contributed by atoms with Crippen LogP contribution < -0.4 is 11.1 Å². The van der Waals surface area contributed by atoms with Crippen molar-refractivity contribution in [3.63, 3.8) is 0 Å². The lowest BCUT2D eigenvalue weighted by Crippen LogP contribution is -2.40. The fourth-order valence-corrected chi connectivity index (χ4v) is 3.43. The topological polar surface area (TPSA) is 68.0 Å². The lowest BCUT2D eigenvalue weighted by atomic mass is 9.84. The fourth-order valence-electron chi connectivity index (χ4n) is 2.78. The van der Waals surface area contributed by atoms with Crippen molar-refractivity contribution in [1.29, 1.82) is 0 Å². The minimum atomic E-state index is -0.0580. The number of rotatable bonds is 3. The molecule has 3 rings (SSSR count). The van der Waals surface area contributed by atoms with Crippen molar-refractivity contribution in [2.75, 3.05) is 5.32 Å². The Hall–Kier alpha value is -1.72. The third-order valence-electron chi connectivity index (χ3n) is 3.99. The molecule has 1 saturated carbocycles. The molecule has 110 valence electrons. The molecule has 0 spiro atoms. The smallest absolute Gasteiger partial charge is 0.229 e. The Morgan fingerprint density at radius 2 is 2.00 bits per heavy atom. The van der Waals surface area contributed by atoms with E-state index in [0.717, 1.165) is 41.9 Å². The SMILES string of the molecule is NC1CCCCC1C(=O)Nc1ccc(-c2nccs2)cc1. The minimum absolute atomic E-state index is 0.00616. The number of nitrogens with zero attached hydrogens (tertiary/aromatic N) is 1. The standard InChI is InChI=1S/C16H19N3OS/c17-14-4-2-1-3-13(14)15(20)19-12-7-5-11(6-8-12)16-18-9-10-21-16/h5-10,13-14H,1-4,17H2,(H,19,20). The summed E-state index contributed by atoms with van der Waals surface area (Å²) in [4.78, 5) is 16.6. The molecule has 21 heavy (non-hydrogen) atoms. The van der Waals surface area contributed by atoms with Crippen LogP contribution in [0.15, 0.2) is 35.8 Å². The maximum atomic E-state index is 12.3. The highest BCUT2D eigenvalue weighted by atomic mass is 32.1. The second-order valence-electron chi connectivity index (χ2n) is 5.46. The first-order valence-corrected chi connectivity index (χ1v) is 8.18. The van der Waals surface area contributed by atoms with Crippen molar-refractivity contribution < 1.29 is 4.79 Å². The van der Waals surface area contributed by atoms with Gasteiger partial charge in [-0.05, 0) is 37.1 Å². The lowest BCUT2D eigenvalue weighted by Gasteiger charge is -2.27. The van der Waals surface area contributed by atoms with Crippen LogP contribution >= 0.6 is 11.3 Å². The number of amides is 1. The molecule has 5 heteroatoms. The molecule has 1 aromatic heterocycles. The van der Waals surface area contributed by atoms with Crippen molar-refractivity contribution >= 4 is 22.9 Å². The third kappa shape index (κ3) is 3.31. The van der Waals surface area contributed by atoms with Gasteiger partial charge in [-0.25, -0.2) is 4.98 Å². The Labute approximate surface area is 128 Å². The molecule has 0 bridgehead atoms. The van der Waals surface area contributed by atoms with Crippen LogP contribution in [0.5, 0.6) is 0 Å². The molecule has 2 atom stereocenters. The van der Waals surface area contributed by atoms with Crippen LogP contribution in [0, 0.1) is 5.92 Å². The van der Waals surface area contributed by atoms with E-state index >= 15 is 0 Å². The molecule has 0 saturated heterocycles. The quantitative estimate of drug-likeness (QED) is 0.914. The van der Waals surface area contributed by atoms with Crippen LogP contribution in [0.3, 0.4) is 0 Å². The van der Waals surface area contributed by atoms with Crippen LogP contribution in [0.1, 0.15) is 25.7 Å². The Bertz CT molecular complexity index is 594. The molecule has 4 nitrogen and oxygen atoms in total. The summed E-state index contributed by atoms with van der Waals surface area (Å²) in [6.07, 6.45) is 5.85. The highest BCUT2D eigenvalue weighted by molar-refractivity contribution is 7.13. The molecule has 1 aliphatic rings. The molecule has 1 fully saturated rings.